The lowest BCUT2D eigenvalue weighted by atomic mass is 9.93. The summed E-state index contributed by atoms with van der Waals surface area (Å²) in [6.45, 7) is 1.98. The third-order valence-electron chi connectivity index (χ3n) is 2.92. The highest BCUT2D eigenvalue weighted by molar-refractivity contribution is 6.30. The van der Waals surface area contributed by atoms with E-state index in [-0.39, 0.29) is 18.4 Å². The molecule has 0 aliphatic carbocycles. The molecule has 94 valence electrons. The summed E-state index contributed by atoms with van der Waals surface area (Å²) in [5.74, 6) is -0.655. The lowest BCUT2D eigenvalue weighted by Gasteiger charge is -2.18. The maximum Gasteiger partial charge on any atom is 0.304 e. The molecule has 0 bridgehead atoms. The Morgan fingerprint density at radius 3 is 2.82 bits per heavy atom. The summed E-state index contributed by atoms with van der Waals surface area (Å²) >= 11 is 5.89. The molecule has 1 rings (SSSR count). The first-order chi connectivity index (χ1) is 7.99. The predicted molar refractivity (Wildman–Crippen MR) is 69.2 cm³/mol. The van der Waals surface area contributed by atoms with Crippen LogP contribution in [0, 0.1) is 5.92 Å². The molecular weight excluding hydrogens is 238 g/mol. The molecule has 2 unspecified atom stereocenters. The van der Waals surface area contributed by atoms with E-state index in [4.69, 9.17) is 22.4 Å². The second kappa shape index (κ2) is 6.62. The van der Waals surface area contributed by atoms with Gasteiger partial charge in [0.05, 0.1) is 6.42 Å². The lowest BCUT2D eigenvalue weighted by Crippen LogP contribution is -2.31. The molecule has 1 aromatic carbocycles. The van der Waals surface area contributed by atoms with Crippen molar-refractivity contribution in [3.05, 3.63) is 34.9 Å². The van der Waals surface area contributed by atoms with E-state index in [1.165, 1.54) is 0 Å². The highest BCUT2D eigenvalue weighted by atomic mass is 35.5. The zero-order valence-electron chi connectivity index (χ0n) is 9.90. The number of aryl methyl sites for hydroxylation is 1. The van der Waals surface area contributed by atoms with Gasteiger partial charge >= 0.3 is 5.97 Å². The number of halogens is 1. The number of hydrogen-bond donors (Lipinski definition) is 2. The van der Waals surface area contributed by atoms with Crippen LogP contribution in [0.25, 0.3) is 0 Å². The summed E-state index contributed by atoms with van der Waals surface area (Å²) in [6.07, 6.45) is 1.76. The van der Waals surface area contributed by atoms with Gasteiger partial charge in [-0.3, -0.25) is 4.79 Å². The molecule has 0 saturated carbocycles. The van der Waals surface area contributed by atoms with Gasteiger partial charge in [0.25, 0.3) is 0 Å². The molecule has 4 heteroatoms. The zero-order chi connectivity index (χ0) is 12.8. The number of benzene rings is 1. The monoisotopic (exact) mass is 255 g/mol. The second-order valence-corrected chi connectivity index (χ2v) is 4.84. The van der Waals surface area contributed by atoms with Gasteiger partial charge in [-0.2, -0.15) is 0 Å². The van der Waals surface area contributed by atoms with Crippen molar-refractivity contribution in [2.24, 2.45) is 11.7 Å². The van der Waals surface area contributed by atoms with E-state index in [2.05, 4.69) is 0 Å². The van der Waals surface area contributed by atoms with Crippen LogP contribution in [0.1, 0.15) is 25.3 Å². The first-order valence-electron chi connectivity index (χ1n) is 5.71. The van der Waals surface area contributed by atoms with Gasteiger partial charge < -0.3 is 10.8 Å². The molecular formula is C13H18ClNO2. The molecule has 0 spiro atoms. The van der Waals surface area contributed by atoms with Crippen molar-refractivity contribution in [3.8, 4) is 0 Å². The maximum absolute atomic E-state index is 10.5. The van der Waals surface area contributed by atoms with Gasteiger partial charge in [-0.25, -0.2) is 0 Å². The average molecular weight is 256 g/mol. The van der Waals surface area contributed by atoms with Crippen LogP contribution in [0.15, 0.2) is 24.3 Å². The number of carbonyl (C=O) groups is 1. The standard InChI is InChI=1S/C13H18ClNO2/c1-9(12(15)8-13(16)17)5-6-10-3-2-4-11(14)7-10/h2-4,7,9,12H,5-6,8,15H2,1H3,(H,16,17). The van der Waals surface area contributed by atoms with E-state index in [1.54, 1.807) is 0 Å². The van der Waals surface area contributed by atoms with Gasteiger partial charge in [0.1, 0.15) is 0 Å². The van der Waals surface area contributed by atoms with Crippen molar-refractivity contribution in [1.29, 1.82) is 0 Å². The molecule has 3 N–H and O–H groups in total. The lowest BCUT2D eigenvalue weighted by molar-refractivity contribution is -0.137. The number of nitrogens with two attached hydrogens (primary N) is 1. The summed E-state index contributed by atoms with van der Waals surface area (Å²) in [5, 5.41) is 9.38. The summed E-state index contributed by atoms with van der Waals surface area (Å²) in [5.41, 5.74) is 6.96. The molecule has 0 saturated heterocycles. The third-order valence-corrected chi connectivity index (χ3v) is 3.15. The van der Waals surface area contributed by atoms with Crippen LogP contribution in [0.4, 0.5) is 0 Å². The Morgan fingerprint density at radius 2 is 2.24 bits per heavy atom. The fourth-order valence-corrected chi connectivity index (χ4v) is 1.92. The van der Waals surface area contributed by atoms with Gasteiger partial charge in [-0.15, -0.1) is 0 Å². The summed E-state index contributed by atoms with van der Waals surface area (Å²) < 4.78 is 0. The second-order valence-electron chi connectivity index (χ2n) is 4.41. The fourth-order valence-electron chi connectivity index (χ4n) is 1.70. The molecule has 0 aromatic heterocycles. The molecule has 2 atom stereocenters. The zero-order valence-corrected chi connectivity index (χ0v) is 10.7. The Hall–Kier alpha value is -1.06. The van der Waals surface area contributed by atoms with Crippen LogP contribution in [-0.4, -0.2) is 17.1 Å². The van der Waals surface area contributed by atoms with Crippen LogP contribution < -0.4 is 5.73 Å². The molecule has 1 aromatic rings. The van der Waals surface area contributed by atoms with Crippen molar-refractivity contribution in [1.82, 2.24) is 0 Å². The molecule has 0 heterocycles. The molecule has 0 fully saturated rings. The van der Waals surface area contributed by atoms with Crippen LogP contribution in [0.5, 0.6) is 0 Å². The Morgan fingerprint density at radius 1 is 1.53 bits per heavy atom. The third kappa shape index (κ3) is 5.20. The minimum absolute atomic E-state index is 0.0245. The van der Waals surface area contributed by atoms with E-state index < -0.39 is 5.97 Å². The number of rotatable bonds is 6. The first kappa shape index (κ1) is 14.0. The van der Waals surface area contributed by atoms with Crippen LogP contribution in [0.2, 0.25) is 5.02 Å². The van der Waals surface area contributed by atoms with Crippen molar-refractivity contribution in [2.45, 2.75) is 32.2 Å². The highest BCUT2D eigenvalue weighted by Gasteiger charge is 2.15. The van der Waals surface area contributed by atoms with Crippen molar-refractivity contribution >= 4 is 17.6 Å². The number of carboxylic acids is 1. The predicted octanol–water partition coefficient (Wildman–Crippen LogP) is 2.71. The van der Waals surface area contributed by atoms with E-state index in [1.807, 2.05) is 31.2 Å². The van der Waals surface area contributed by atoms with Crippen molar-refractivity contribution < 1.29 is 9.90 Å². The van der Waals surface area contributed by atoms with Crippen LogP contribution in [-0.2, 0) is 11.2 Å². The van der Waals surface area contributed by atoms with E-state index in [0.717, 1.165) is 23.4 Å². The quantitative estimate of drug-likeness (QED) is 0.822. The SMILES string of the molecule is CC(CCc1cccc(Cl)c1)C(N)CC(=O)O. The van der Waals surface area contributed by atoms with Gasteiger partial charge in [-0.05, 0) is 36.5 Å². The minimum atomic E-state index is -0.841. The molecule has 0 aliphatic heterocycles. The van der Waals surface area contributed by atoms with Crippen LogP contribution in [0.3, 0.4) is 0 Å². The Labute approximate surface area is 107 Å². The highest BCUT2D eigenvalue weighted by Crippen LogP contribution is 2.16. The maximum atomic E-state index is 10.5. The summed E-state index contributed by atoms with van der Waals surface area (Å²) in [6, 6.07) is 7.41. The first-order valence-corrected chi connectivity index (χ1v) is 6.08. The Bertz CT molecular complexity index is 381. The number of aliphatic carboxylic acids is 1. The summed E-state index contributed by atoms with van der Waals surface area (Å²) in [4.78, 5) is 10.5. The number of hydrogen-bond acceptors (Lipinski definition) is 2. The molecule has 0 amide bonds. The van der Waals surface area contributed by atoms with E-state index >= 15 is 0 Å². The fraction of sp³-hybridized carbons (Fsp3) is 0.462. The minimum Gasteiger partial charge on any atom is -0.481 e. The largest absolute Gasteiger partial charge is 0.481 e. The van der Waals surface area contributed by atoms with Crippen molar-refractivity contribution in [3.63, 3.8) is 0 Å². The smallest absolute Gasteiger partial charge is 0.304 e. The molecule has 0 aliphatic rings. The summed E-state index contributed by atoms with van der Waals surface area (Å²) in [7, 11) is 0. The normalized spacial score (nSPS) is 14.3. The topological polar surface area (TPSA) is 63.3 Å². The van der Waals surface area contributed by atoms with Gasteiger partial charge in [0.2, 0.25) is 0 Å². The Balaban J connectivity index is 2.42. The Kier molecular flexibility index (Phi) is 5.45. The number of carboxylic acid groups (broad SMARTS) is 1. The van der Waals surface area contributed by atoms with Gasteiger partial charge in [0.15, 0.2) is 0 Å². The average Bonchev–Trinajstić information content (AvgIpc) is 2.25. The van der Waals surface area contributed by atoms with Gasteiger partial charge in [-0.1, -0.05) is 30.7 Å². The van der Waals surface area contributed by atoms with Crippen molar-refractivity contribution in [2.75, 3.05) is 0 Å². The van der Waals surface area contributed by atoms with Crippen LogP contribution >= 0.6 is 11.6 Å². The van der Waals surface area contributed by atoms with Gasteiger partial charge in [0, 0.05) is 11.1 Å². The van der Waals surface area contributed by atoms with E-state index in [9.17, 15) is 4.79 Å². The molecule has 3 nitrogen and oxygen atoms in total. The van der Waals surface area contributed by atoms with E-state index in [0.29, 0.717) is 0 Å². The molecule has 17 heavy (non-hydrogen) atoms. The molecule has 0 radical (unpaired) electrons.